The van der Waals surface area contributed by atoms with Crippen LogP contribution in [0.4, 0.5) is 0 Å². The monoisotopic (exact) mass is 970 g/mol. The highest BCUT2D eigenvalue weighted by molar-refractivity contribution is 7.09. The Morgan fingerprint density at radius 1 is 0.543 bits per heavy atom. The summed E-state index contributed by atoms with van der Waals surface area (Å²) in [6, 6.07) is 20.1. The number of ketones is 3. The predicted octanol–water partition coefficient (Wildman–Crippen LogP) is 8.98. The molecule has 16 heteroatoms. The van der Waals surface area contributed by atoms with Gasteiger partial charge >= 0.3 is 0 Å². The Labute approximate surface area is 413 Å². The molecule has 3 atom stereocenters. The molecule has 368 valence electrons. The van der Waals surface area contributed by atoms with Gasteiger partial charge in [-0.2, -0.15) is 0 Å². The average Bonchev–Trinajstić information content (AvgIpc) is 3.77. The van der Waals surface area contributed by atoms with Gasteiger partial charge in [0.25, 0.3) is 0 Å². The fourth-order valence-corrected chi connectivity index (χ4v) is 8.63. The lowest BCUT2D eigenvalue weighted by Gasteiger charge is -2.23. The van der Waals surface area contributed by atoms with Crippen molar-refractivity contribution < 1.29 is 42.8 Å². The van der Waals surface area contributed by atoms with Crippen LogP contribution >= 0.6 is 11.3 Å². The molecule has 0 bridgehead atoms. The Bertz CT molecular complexity index is 2650. The predicted molar refractivity (Wildman–Crippen MR) is 264 cm³/mol. The highest BCUT2D eigenvalue weighted by Crippen LogP contribution is 2.24. The first-order valence-electron chi connectivity index (χ1n) is 23.9. The number of nitrogens with zero attached hydrogens (tertiary/aromatic N) is 6. The summed E-state index contributed by atoms with van der Waals surface area (Å²) in [4.78, 5) is 63.2. The number of carbonyl (C=O) groups excluding carboxylic acids is 3. The molecule has 6 aromatic heterocycles. The lowest BCUT2D eigenvalue weighted by molar-refractivity contribution is 0.00734. The molecule has 9 rings (SSSR count). The van der Waals surface area contributed by atoms with E-state index in [9.17, 15) is 14.4 Å². The molecule has 0 N–H and O–H groups in total. The molecule has 0 spiro atoms. The molecule has 0 amide bonds. The number of carbonyl (C=O) groups is 3. The van der Waals surface area contributed by atoms with Crippen LogP contribution in [0.15, 0.2) is 84.5 Å². The Balaban J connectivity index is 0.000000155. The van der Waals surface area contributed by atoms with E-state index in [1.807, 2.05) is 88.5 Å². The van der Waals surface area contributed by atoms with Crippen LogP contribution in [0.1, 0.15) is 115 Å². The van der Waals surface area contributed by atoms with Crippen molar-refractivity contribution in [2.75, 3.05) is 39.6 Å². The van der Waals surface area contributed by atoms with Crippen LogP contribution in [0.5, 0.6) is 17.2 Å². The zero-order valence-corrected chi connectivity index (χ0v) is 41.5. The first kappa shape index (κ1) is 51.5. The van der Waals surface area contributed by atoms with Gasteiger partial charge in [-0.3, -0.25) is 24.4 Å². The van der Waals surface area contributed by atoms with Gasteiger partial charge in [0.2, 0.25) is 0 Å². The number of aromatic nitrogens is 6. The molecular formula is C54H62N6O9S. The molecule has 9 heterocycles. The molecule has 6 aromatic rings. The van der Waals surface area contributed by atoms with Crippen molar-refractivity contribution in [1.82, 2.24) is 29.9 Å². The zero-order chi connectivity index (χ0) is 49.2. The second kappa shape index (κ2) is 26.0. The van der Waals surface area contributed by atoms with Crippen LogP contribution in [0.2, 0.25) is 0 Å². The van der Waals surface area contributed by atoms with Gasteiger partial charge in [0.15, 0.2) is 17.3 Å². The molecule has 0 saturated carbocycles. The van der Waals surface area contributed by atoms with Crippen LogP contribution in [-0.2, 0) is 33.5 Å². The lowest BCUT2D eigenvalue weighted by atomic mass is 10.1. The van der Waals surface area contributed by atoms with Crippen molar-refractivity contribution in [2.24, 2.45) is 0 Å². The number of thiazole rings is 1. The van der Waals surface area contributed by atoms with E-state index >= 15 is 0 Å². The molecule has 3 saturated heterocycles. The quantitative estimate of drug-likeness (QED) is 0.0888. The van der Waals surface area contributed by atoms with Crippen LogP contribution in [0.25, 0.3) is 0 Å². The number of aryl methyl sites for hydroxylation is 5. The van der Waals surface area contributed by atoms with E-state index in [0.717, 1.165) is 103 Å². The minimum absolute atomic E-state index is 0.0344. The maximum absolute atomic E-state index is 12.5. The normalized spacial score (nSPS) is 17.7. The highest BCUT2D eigenvalue weighted by Gasteiger charge is 2.21. The van der Waals surface area contributed by atoms with Gasteiger partial charge in [-0.1, -0.05) is 12.1 Å². The summed E-state index contributed by atoms with van der Waals surface area (Å²) in [5, 5.41) is 2.77. The van der Waals surface area contributed by atoms with Crippen molar-refractivity contribution in [3.63, 3.8) is 0 Å². The van der Waals surface area contributed by atoms with Gasteiger partial charge < -0.3 is 28.4 Å². The maximum atomic E-state index is 12.5. The summed E-state index contributed by atoms with van der Waals surface area (Å²) >= 11 is 1.50. The van der Waals surface area contributed by atoms with Gasteiger partial charge in [0, 0.05) is 108 Å². The first-order chi connectivity index (χ1) is 33.9. The molecule has 3 aliphatic heterocycles. The third-order valence-corrected chi connectivity index (χ3v) is 12.2. The summed E-state index contributed by atoms with van der Waals surface area (Å²) < 4.78 is 34.1. The highest BCUT2D eigenvalue weighted by atomic mass is 32.1. The number of hydrogen-bond donors (Lipinski definition) is 0. The molecule has 70 heavy (non-hydrogen) atoms. The Kier molecular flexibility index (Phi) is 19.2. The number of pyridine rings is 5. The summed E-state index contributed by atoms with van der Waals surface area (Å²) in [7, 11) is 0. The van der Waals surface area contributed by atoms with Crippen molar-refractivity contribution in [3.05, 3.63) is 146 Å². The van der Waals surface area contributed by atoms with Crippen LogP contribution in [0, 0.1) is 34.6 Å². The van der Waals surface area contributed by atoms with Gasteiger partial charge in [-0.05, 0) is 96.9 Å². The number of ether oxygens (including phenoxy) is 6. The smallest absolute Gasteiger partial charge is 0.188 e. The summed E-state index contributed by atoms with van der Waals surface area (Å²) in [5.41, 5.74) is 7.09. The van der Waals surface area contributed by atoms with Crippen molar-refractivity contribution >= 4 is 28.7 Å². The number of Topliss-reactive ketones (excluding diaryl/α,β-unsaturated/α-hetero) is 3. The standard InChI is InChI=1S/C19H22N2O3.C18H20N2O3.C17H20N2O3S/c1-13-5-6-15(20-11-13)9-19(22)18-10-17(8-14(2)21-18)24-16-4-3-7-23-12-16;1-13-9-16(23-15-6-4-8-22-12-15)11-17(20-13)18(21)10-14-5-2-3-7-19-14;1-11-6-14(22-13-4-3-5-21-9-13)7-15(18-11)16(20)8-17-19-12(2)10-23-17/h5-6,8,10-11,16H,3-4,7,9,12H2,1-2H3;2-3,5,7,9,11,15H,4,6,8,10,12H2,1H3;6-7,10,13H,3-5,8-9H2,1-2H3/t16-;15-;13-/m111/s1. The molecule has 0 aliphatic carbocycles. The second-order valence-corrected chi connectivity index (χ2v) is 18.6. The van der Waals surface area contributed by atoms with E-state index in [-0.39, 0.29) is 54.9 Å². The minimum atomic E-state index is -0.0582. The Morgan fingerprint density at radius 3 is 1.37 bits per heavy atom. The third kappa shape index (κ3) is 16.7. The van der Waals surface area contributed by atoms with E-state index in [4.69, 9.17) is 28.4 Å². The van der Waals surface area contributed by atoms with Crippen molar-refractivity contribution in [3.8, 4) is 17.2 Å². The molecule has 0 radical (unpaired) electrons. The fraction of sp³-hybridized carbons (Fsp3) is 0.426. The molecule has 15 nitrogen and oxygen atoms in total. The van der Waals surface area contributed by atoms with E-state index in [1.54, 1.807) is 30.6 Å². The summed E-state index contributed by atoms with van der Waals surface area (Å²) in [6.07, 6.45) is 10.3. The summed E-state index contributed by atoms with van der Waals surface area (Å²) in [6.45, 7) is 13.7. The molecule has 3 aliphatic rings. The molecule has 3 fully saturated rings. The van der Waals surface area contributed by atoms with E-state index in [2.05, 4.69) is 29.9 Å². The van der Waals surface area contributed by atoms with Crippen molar-refractivity contribution in [2.45, 2.75) is 111 Å². The van der Waals surface area contributed by atoms with E-state index in [1.165, 1.54) is 11.3 Å². The Morgan fingerprint density at radius 2 is 1.00 bits per heavy atom. The SMILES string of the molecule is Cc1cc(O[C@@H]2CCCOC2)cc(C(=O)Cc2ccccn2)n1.Cc1cc(O[C@@H]2CCCOC2)cc(C(=O)Cc2nc(C)cs2)n1.Cc1ccc(CC(=O)c2cc(O[C@@H]3CCCOC3)cc(C)n2)nc1. The Hall–Kier alpha value is -6.33. The molecular weight excluding hydrogens is 909 g/mol. The van der Waals surface area contributed by atoms with Gasteiger partial charge in [0.1, 0.15) is 57.6 Å². The van der Waals surface area contributed by atoms with Crippen LogP contribution in [0.3, 0.4) is 0 Å². The minimum Gasteiger partial charge on any atom is -0.488 e. The fourth-order valence-electron chi connectivity index (χ4n) is 7.86. The topological polar surface area (TPSA) is 184 Å². The summed E-state index contributed by atoms with van der Waals surface area (Å²) in [5.74, 6) is 1.90. The van der Waals surface area contributed by atoms with Crippen LogP contribution < -0.4 is 14.2 Å². The van der Waals surface area contributed by atoms with Gasteiger partial charge in [-0.15, -0.1) is 11.3 Å². The average molecular weight is 971 g/mol. The number of rotatable bonds is 15. The molecule has 0 aromatic carbocycles. The maximum Gasteiger partial charge on any atom is 0.188 e. The molecule has 0 unspecified atom stereocenters. The van der Waals surface area contributed by atoms with Gasteiger partial charge in [-0.25, -0.2) is 19.9 Å². The zero-order valence-electron chi connectivity index (χ0n) is 40.7. The number of hydrogen-bond acceptors (Lipinski definition) is 16. The lowest BCUT2D eigenvalue weighted by Crippen LogP contribution is -2.28. The van der Waals surface area contributed by atoms with E-state index < -0.39 is 0 Å². The van der Waals surface area contributed by atoms with Crippen LogP contribution in [-0.4, -0.2) is 105 Å². The van der Waals surface area contributed by atoms with Gasteiger partial charge in [0.05, 0.1) is 39.1 Å². The largest absolute Gasteiger partial charge is 0.488 e. The second-order valence-electron chi connectivity index (χ2n) is 17.7. The van der Waals surface area contributed by atoms with Crippen molar-refractivity contribution in [1.29, 1.82) is 0 Å². The first-order valence-corrected chi connectivity index (χ1v) is 24.8. The van der Waals surface area contributed by atoms with E-state index in [0.29, 0.717) is 54.2 Å². The third-order valence-electron chi connectivity index (χ3n) is 11.3.